The van der Waals surface area contributed by atoms with Crippen molar-refractivity contribution in [2.24, 2.45) is 5.92 Å². The van der Waals surface area contributed by atoms with Gasteiger partial charge in [0.15, 0.2) is 5.11 Å². The Labute approximate surface area is 202 Å². The Bertz CT molecular complexity index is 944. The van der Waals surface area contributed by atoms with Crippen LogP contribution in [0.3, 0.4) is 0 Å². The monoisotopic (exact) mass is 471 g/mol. The highest BCUT2D eigenvalue weighted by atomic mass is 35.5. The van der Waals surface area contributed by atoms with Gasteiger partial charge < -0.3 is 15.5 Å². The molecule has 0 spiro atoms. The number of nitrogens with zero attached hydrogens (tertiary/aromatic N) is 3. The lowest BCUT2D eigenvalue weighted by molar-refractivity contribution is 0.292. The second-order valence-corrected chi connectivity index (χ2v) is 10.4. The number of piperidine rings is 1. The zero-order valence-electron chi connectivity index (χ0n) is 19.2. The Hall–Kier alpha value is -1.92. The summed E-state index contributed by atoms with van der Waals surface area (Å²) in [6, 6.07) is 10.4. The number of hydrogen-bond donors (Lipinski definition) is 2. The smallest absolute Gasteiger partial charge is 0.231 e. The number of halogens is 1. The predicted octanol–water partition coefficient (Wildman–Crippen LogP) is 5.86. The minimum atomic E-state index is 0.0530. The molecule has 1 atom stereocenters. The summed E-state index contributed by atoms with van der Waals surface area (Å²) in [5, 5.41) is 8.07. The van der Waals surface area contributed by atoms with Crippen molar-refractivity contribution in [3.8, 4) is 0 Å². The van der Waals surface area contributed by atoms with Gasteiger partial charge in [-0.3, -0.25) is 0 Å². The van der Waals surface area contributed by atoms with Crippen molar-refractivity contribution in [1.29, 1.82) is 0 Å². The van der Waals surface area contributed by atoms with Crippen LogP contribution in [0.5, 0.6) is 0 Å². The fraction of sp³-hybridized carbons (Fsp3) is 0.560. The molecule has 2 heterocycles. The Morgan fingerprint density at radius 3 is 2.75 bits per heavy atom. The van der Waals surface area contributed by atoms with Crippen molar-refractivity contribution in [2.75, 3.05) is 29.9 Å². The summed E-state index contributed by atoms with van der Waals surface area (Å²) >= 11 is 12.0. The van der Waals surface area contributed by atoms with Crippen LogP contribution in [0, 0.1) is 12.8 Å². The number of aromatic nitrogens is 2. The Kier molecular flexibility index (Phi) is 7.51. The zero-order valence-corrected chi connectivity index (χ0v) is 20.7. The van der Waals surface area contributed by atoms with Crippen LogP contribution in [0.25, 0.3) is 0 Å². The molecule has 0 amide bonds. The molecular formula is C25H34ClN5S. The predicted molar refractivity (Wildman–Crippen MR) is 138 cm³/mol. The van der Waals surface area contributed by atoms with Crippen LogP contribution in [0.15, 0.2) is 30.3 Å². The van der Waals surface area contributed by atoms with Crippen molar-refractivity contribution in [3.63, 3.8) is 0 Å². The van der Waals surface area contributed by atoms with Gasteiger partial charge in [0.05, 0.1) is 0 Å². The molecule has 0 radical (unpaired) electrons. The van der Waals surface area contributed by atoms with Crippen LogP contribution >= 0.6 is 23.8 Å². The van der Waals surface area contributed by atoms with E-state index in [1.54, 1.807) is 0 Å². The van der Waals surface area contributed by atoms with E-state index >= 15 is 0 Å². The summed E-state index contributed by atoms with van der Waals surface area (Å²) in [6.07, 6.45) is 8.52. The molecule has 2 N–H and O–H groups in total. The van der Waals surface area contributed by atoms with Crippen LogP contribution < -0.4 is 15.5 Å². The molecule has 172 valence electrons. The lowest BCUT2D eigenvalue weighted by atomic mass is 9.69. The Balaban J connectivity index is 1.44. The number of rotatable bonds is 5. The number of anilines is 2. The molecular weight excluding hydrogens is 438 g/mol. The van der Waals surface area contributed by atoms with Gasteiger partial charge in [-0.05, 0) is 68.4 Å². The Morgan fingerprint density at radius 2 is 2.00 bits per heavy atom. The minimum Gasteiger partial charge on any atom is -0.361 e. The number of nitrogens with one attached hydrogen (secondary N) is 2. The van der Waals surface area contributed by atoms with E-state index in [4.69, 9.17) is 28.8 Å². The number of benzene rings is 1. The Morgan fingerprint density at radius 1 is 1.19 bits per heavy atom. The molecule has 1 saturated heterocycles. The standard InChI is InChI=1S/C25H34ClN5S/c1-18-8-7-13-31(16-18)22-14-19(2)28-23(29-22)30-24(32)27-17-25(11-4-3-5-12-25)20-9-6-10-21(26)15-20/h6,9-10,14-15,18H,3-5,7-8,11-13,16-17H2,1-2H3,(H2,27,28,29,30,32)/t18-/m1/s1. The van der Waals surface area contributed by atoms with Gasteiger partial charge in [-0.1, -0.05) is 49.9 Å². The van der Waals surface area contributed by atoms with Crippen LogP contribution in [0.1, 0.15) is 63.1 Å². The molecule has 1 aliphatic carbocycles. The third-order valence-corrected chi connectivity index (χ3v) is 7.36. The first-order valence-electron chi connectivity index (χ1n) is 11.9. The van der Waals surface area contributed by atoms with E-state index in [1.807, 2.05) is 19.1 Å². The molecule has 32 heavy (non-hydrogen) atoms. The van der Waals surface area contributed by atoms with Crippen LogP contribution in [0.2, 0.25) is 5.02 Å². The molecule has 1 saturated carbocycles. The van der Waals surface area contributed by atoms with E-state index < -0.39 is 0 Å². The molecule has 0 bridgehead atoms. The van der Waals surface area contributed by atoms with Crippen molar-refractivity contribution < 1.29 is 0 Å². The fourth-order valence-corrected chi connectivity index (χ4v) is 5.53. The average Bonchev–Trinajstić information content (AvgIpc) is 2.78. The first-order chi connectivity index (χ1) is 15.4. The summed E-state index contributed by atoms with van der Waals surface area (Å²) in [7, 11) is 0. The van der Waals surface area contributed by atoms with E-state index in [2.05, 4.69) is 45.6 Å². The lowest BCUT2D eigenvalue weighted by Crippen LogP contribution is -2.43. The highest BCUT2D eigenvalue weighted by molar-refractivity contribution is 7.80. The first kappa shape index (κ1) is 23.2. The summed E-state index contributed by atoms with van der Waals surface area (Å²) in [4.78, 5) is 11.7. The van der Waals surface area contributed by atoms with Gasteiger partial charge in [-0.2, -0.15) is 4.98 Å². The van der Waals surface area contributed by atoms with Crippen LogP contribution in [-0.2, 0) is 5.41 Å². The first-order valence-corrected chi connectivity index (χ1v) is 12.6. The number of thiocarbonyl (C=S) groups is 1. The van der Waals surface area contributed by atoms with E-state index in [0.29, 0.717) is 17.0 Å². The molecule has 5 nitrogen and oxygen atoms in total. The molecule has 0 unspecified atom stereocenters. The fourth-order valence-electron chi connectivity index (χ4n) is 5.18. The van der Waals surface area contributed by atoms with Crippen molar-refractivity contribution >= 4 is 40.7 Å². The van der Waals surface area contributed by atoms with Gasteiger partial charge in [-0.25, -0.2) is 4.98 Å². The normalized spacial score (nSPS) is 20.6. The van der Waals surface area contributed by atoms with Gasteiger partial charge >= 0.3 is 0 Å². The van der Waals surface area contributed by atoms with E-state index in [1.165, 1.54) is 37.7 Å². The minimum absolute atomic E-state index is 0.0530. The molecule has 1 aromatic heterocycles. The van der Waals surface area contributed by atoms with Gasteiger partial charge in [0.2, 0.25) is 5.95 Å². The molecule has 1 aliphatic heterocycles. The number of aryl methyl sites for hydroxylation is 1. The second-order valence-electron chi connectivity index (χ2n) is 9.54. The average molecular weight is 472 g/mol. The van der Waals surface area contributed by atoms with Gasteiger partial charge in [0.25, 0.3) is 0 Å². The topological polar surface area (TPSA) is 53.1 Å². The summed E-state index contributed by atoms with van der Waals surface area (Å²) in [5.41, 5.74) is 2.30. The van der Waals surface area contributed by atoms with E-state index in [9.17, 15) is 0 Å². The third kappa shape index (κ3) is 5.70. The highest BCUT2D eigenvalue weighted by Crippen LogP contribution is 2.39. The van der Waals surface area contributed by atoms with E-state index in [-0.39, 0.29) is 5.41 Å². The summed E-state index contributed by atoms with van der Waals surface area (Å²) in [6.45, 7) is 7.18. The van der Waals surface area contributed by atoms with Gasteiger partial charge in [-0.15, -0.1) is 0 Å². The molecule has 2 aliphatic rings. The number of hydrogen-bond acceptors (Lipinski definition) is 4. The third-order valence-electron chi connectivity index (χ3n) is 6.88. The van der Waals surface area contributed by atoms with Crippen LogP contribution in [0.4, 0.5) is 11.8 Å². The molecule has 4 rings (SSSR count). The quantitative estimate of drug-likeness (QED) is 0.532. The molecule has 2 aromatic rings. The molecule has 1 aromatic carbocycles. The second kappa shape index (κ2) is 10.3. The van der Waals surface area contributed by atoms with Gasteiger partial charge in [0, 0.05) is 41.8 Å². The maximum atomic E-state index is 6.32. The summed E-state index contributed by atoms with van der Waals surface area (Å²) < 4.78 is 0. The summed E-state index contributed by atoms with van der Waals surface area (Å²) in [5.74, 6) is 2.24. The molecule has 7 heteroatoms. The zero-order chi connectivity index (χ0) is 22.6. The van der Waals surface area contributed by atoms with Crippen molar-refractivity contribution in [2.45, 2.75) is 64.2 Å². The highest BCUT2D eigenvalue weighted by Gasteiger charge is 2.34. The van der Waals surface area contributed by atoms with Crippen molar-refractivity contribution in [1.82, 2.24) is 15.3 Å². The van der Waals surface area contributed by atoms with Crippen molar-refractivity contribution in [3.05, 3.63) is 46.6 Å². The van der Waals surface area contributed by atoms with Gasteiger partial charge in [0.1, 0.15) is 5.82 Å². The lowest BCUT2D eigenvalue weighted by Gasteiger charge is -2.38. The SMILES string of the molecule is Cc1cc(N2CCC[C@@H](C)C2)nc(NC(=S)NCC2(c3cccc(Cl)c3)CCCCC2)n1. The maximum Gasteiger partial charge on any atom is 0.231 e. The van der Waals surface area contributed by atoms with Crippen LogP contribution in [-0.4, -0.2) is 34.7 Å². The van der Waals surface area contributed by atoms with E-state index in [0.717, 1.165) is 49.0 Å². The molecule has 2 fully saturated rings. The largest absolute Gasteiger partial charge is 0.361 e. The maximum absolute atomic E-state index is 6.32.